The van der Waals surface area contributed by atoms with Crippen molar-refractivity contribution >= 4 is 39.1 Å². The maximum absolute atomic E-state index is 14.0. The first-order valence-corrected chi connectivity index (χ1v) is 13.4. The van der Waals surface area contributed by atoms with E-state index in [-0.39, 0.29) is 17.9 Å². The summed E-state index contributed by atoms with van der Waals surface area (Å²) in [4.78, 5) is 29.7. The van der Waals surface area contributed by atoms with Crippen LogP contribution in [-0.2, 0) is 11.3 Å². The number of aromatic nitrogens is 1. The Labute approximate surface area is 206 Å². The highest BCUT2D eigenvalue weighted by atomic mass is 32.1. The molecule has 5 nitrogen and oxygen atoms in total. The molecule has 0 saturated heterocycles. The van der Waals surface area contributed by atoms with Crippen LogP contribution in [0.1, 0.15) is 75.9 Å². The van der Waals surface area contributed by atoms with Crippen molar-refractivity contribution in [2.45, 2.75) is 77.9 Å². The van der Waals surface area contributed by atoms with Gasteiger partial charge in [-0.1, -0.05) is 52.7 Å². The van der Waals surface area contributed by atoms with Gasteiger partial charge in [0.2, 0.25) is 5.91 Å². The fraction of sp³-hybridized carbons (Fsp3) is 0.500. The lowest BCUT2D eigenvalue weighted by molar-refractivity contribution is -0.128. The van der Waals surface area contributed by atoms with Gasteiger partial charge in [0.05, 0.1) is 16.8 Å². The molecule has 1 aliphatic carbocycles. The molecule has 6 heteroatoms. The van der Waals surface area contributed by atoms with E-state index in [1.54, 1.807) is 16.2 Å². The van der Waals surface area contributed by atoms with Crippen molar-refractivity contribution in [2.75, 3.05) is 4.90 Å². The monoisotopic (exact) mass is 477 g/mol. The number of hydrogen-bond acceptors (Lipinski definition) is 3. The largest absolute Gasteiger partial charge is 0.351 e. The Morgan fingerprint density at radius 3 is 2.59 bits per heavy atom. The fourth-order valence-corrected chi connectivity index (χ4v) is 6.56. The van der Waals surface area contributed by atoms with Gasteiger partial charge in [0.25, 0.3) is 5.91 Å². The van der Waals surface area contributed by atoms with E-state index < -0.39 is 5.54 Å². The van der Waals surface area contributed by atoms with Crippen molar-refractivity contribution in [3.63, 3.8) is 0 Å². The standard InChI is InChI=1S/C28H35N3O2S/c1-17(2)20-9-11-21(12-10-20)31-26(32)24-15-25-23(13-14-34-25)30(24)16-28(31,5)27(33)29-22-8-6-7-18(3)19(22)4/h9-15,17-19,22H,6-8,16H2,1-5H3,(H,29,33). The summed E-state index contributed by atoms with van der Waals surface area (Å²) < 4.78 is 3.12. The van der Waals surface area contributed by atoms with Gasteiger partial charge in [-0.15, -0.1) is 11.3 Å². The van der Waals surface area contributed by atoms with E-state index in [1.165, 1.54) is 12.0 Å². The molecular weight excluding hydrogens is 442 g/mol. The highest BCUT2D eigenvalue weighted by Crippen LogP contribution is 2.38. The first-order valence-electron chi connectivity index (χ1n) is 12.5. The van der Waals surface area contributed by atoms with Gasteiger partial charge >= 0.3 is 0 Å². The van der Waals surface area contributed by atoms with Crippen LogP contribution in [0.5, 0.6) is 0 Å². The molecule has 0 spiro atoms. The predicted octanol–water partition coefficient (Wildman–Crippen LogP) is 6.19. The van der Waals surface area contributed by atoms with Gasteiger partial charge in [0.15, 0.2) is 0 Å². The first kappa shape index (κ1) is 23.2. The number of thiophene rings is 1. The van der Waals surface area contributed by atoms with Gasteiger partial charge in [-0.05, 0) is 66.3 Å². The van der Waals surface area contributed by atoms with Gasteiger partial charge < -0.3 is 9.88 Å². The number of hydrogen-bond donors (Lipinski definition) is 1. The highest BCUT2D eigenvalue weighted by molar-refractivity contribution is 7.17. The van der Waals surface area contributed by atoms with Crippen LogP contribution in [0.25, 0.3) is 10.2 Å². The van der Waals surface area contributed by atoms with Crippen LogP contribution in [0.4, 0.5) is 5.69 Å². The molecule has 180 valence electrons. The number of rotatable bonds is 4. The van der Waals surface area contributed by atoms with E-state index in [9.17, 15) is 9.59 Å². The zero-order valence-corrected chi connectivity index (χ0v) is 21.6. The van der Waals surface area contributed by atoms with Crippen LogP contribution in [0.3, 0.4) is 0 Å². The zero-order chi connectivity index (χ0) is 24.2. The Morgan fingerprint density at radius 2 is 1.88 bits per heavy atom. The molecular formula is C28H35N3O2S. The SMILES string of the molecule is CC(C)c1ccc(N2C(=O)c3cc4sccc4n3CC2(C)C(=O)NC2CCCC(C)C2C)cc1. The molecule has 1 aliphatic heterocycles. The molecule has 3 heterocycles. The Hall–Kier alpha value is -2.60. The maximum atomic E-state index is 14.0. The summed E-state index contributed by atoms with van der Waals surface area (Å²) in [6, 6.07) is 12.3. The molecule has 1 saturated carbocycles. The van der Waals surface area contributed by atoms with E-state index in [4.69, 9.17) is 0 Å². The van der Waals surface area contributed by atoms with E-state index in [2.05, 4.69) is 45.1 Å². The highest BCUT2D eigenvalue weighted by Gasteiger charge is 2.49. The Balaban J connectivity index is 1.57. The normalized spacial score (nSPS) is 27.3. The fourth-order valence-electron chi connectivity index (χ4n) is 5.74. The lowest BCUT2D eigenvalue weighted by atomic mass is 9.77. The summed E-state index contributed by atoms with van der Waals surface area (Å²) in [6.07, 6.45) is 3.33. The van der Waals surface area contributed by atoms with Gasteiger partial charge in [-0.3, -0.25) is 14.5 Å². The minimum absolute atomic E-state index is 0.0672. The molecule has 2 aromatic heterocycles. The molecule has 1 fully saturated rings. The average Bonchev–Trinajstić information content (AvgIpc) is 3.40. The quantitative estimate of drug-likeness (QED) is 0.487. The first-order chi connectivity index (χ1) is 16.2. The van der Waals surface area contributed by atoms with Crippen molar-refractivity contribution in [1.82, 2.24) is 9.88 Å². The zero-order valence-electron chi connectivity index (χ0n) is 20.8. The lowest BCUT2D eigenvalue weighted by Crippen LogP contribution is -2.66. The van der Waals surface area contributed by atoms with Crippen molar-refractivity contribution in [1.29, 1.82) is 0 Å². The van der Waals surface area contributed by atoms with Gasteiger partial charge in [-0.25, -0.2) is 0 Å². The number of benzene rings is 1. The lowest BCUT2D eigenvalue weighted by Gasteiger charge is -2.45. The Bertz CT molecular complexity index is 1220. The summed E-state index contributed by atoms with van der Waals surface area (Å²) in [6.45, 7) is 11.2. The minimum Gasteiger partial charge on any atom is -0.351 e. The maximum Gasteiger partial charge on any atom is 0.275 e. The molecule has 1 aromatic carbocycles. The van der Waals surface area contributed by atoms with Crippen LogP contribution >= 0.6 is 11.3 Å². The molecule has 0 radical (unpaired) electrons. The van der Waals surface area contributed by atoms with Gasteiger partial charge in [0, 0.05) is 11.7 Å². The van der Waals surface area contributed by atoms with Crippen molar-refractivity contribution in [3.05, 3.63) is 53.0 Å². The van der Waals surface area contributed by atoms with Crippen molar-refractivity contribution in [2.24, 2.45) is 11.8 Å². The van der Waals surface area contributed by atoms with Crippen LogP contribution in [-0.4, -0.2) is 28.0 Å². The van der Waals surface area contributed by atoms with Crippen molar-refractivity contribution < 1.29 is 9.59 Å². The molecule has 2 aliphatic rings. The second kappa shape index (κ2) is 8.56. The van der Waals surface area contributed by atoms with Gasteiger partial charge in [0.1, 0.15) is 11.2 Å². The van der Waals surface area contributed by atoms with Crippen LogP contribution in [0.15, 0.2) is 41.8 Å². The second-order valence-electron chi connectivity index (χ2n) is 10.8. The number of carbonyl (C=O) groups excluding carboxylic acids is 2. The molecule has 1 N–H and O–H groups in total. The molecule has 4 unspecified atom stereocenters. The van der Waals surface area contributed by atoms with Crippen LogP contribution in [0, 0.1) is 11.8 Å². The van der Waals surface area contributed by atoms with Crippen molar-refractivity contribution in [3.8, 4) is 0 Å². The molecule has 2 amide bonds. The third kappa shape index (κ3) is 3.67. The molecule has 4 atom stereocenters. The summed E-state index contributed by atoms with van der Waals surface area (Å²) >= 11 is 1.63. The summed E-state index contributed by atoms with van der Waals surface area (Å²) in [5.41, 5.74) is 2.64. The van der Waals surface area contributed by atoms with E-state index in [1.807, 2.05) is 41.1 Å². The number of amides is 2. The smallest absolute Gasteiger partial charge is 0.275 e. The van der Waals surface area contributed by atoms with E-state index in [0.29, 0.717) is 30.0 Å². The predicted molar refractivity (Wildman–Crippen MR) is 140 cm³/mol. The van der Waals surface area contributed by atoms with Gasteiger partial charge in [-0.2, -0.15) is 0 Å². The number of anilines is 1. The number of nitrogens with one attached hydrogen (secondary N) is 1. The molecule has 0 bridgehead atoms. The Kier molecular flexibility index (Phi) is 5.83. The Morgan fingerprint density at radius 1 is 1.15 bits per heavy atom. The summed E-state index contributed by atoms with van der Waals surface area (Å²) in [7, 11) is 0. The molecule has 5 rings (SSSR count). The second-order valence-corrected chi connectivity index (χ2v) is 11.7. The average molecular weight is 478 g/mol. The summed E-state index contributed by atoms with van der Waals surface area (Å²) in [5, 5.41) is 5.42. The number of nitrogens with zero attached hydrogens (tertiary/aromatic N) is 2. The third-order valence-electron chi connectivity index (χ3n) is 8.23. The number of fused-ring (bicyclic) bond motifs is 3. The summed E-state index contributed by atoms with van der Waals surface area (Å²) in [5.74, 6) is 1.22. The van der Waals surface area contributed by atoms with E-state index >= 15 is 0 Å². The number of carbonyl (C=O) groups is 2. The topological polar surface area (TPSA) is 54.3 Å². The third-order valence-corrected chi connectivity index (χ3v) is 9.09. The van der Waals surface area contributed by atoms with Crippen LogP contribution in [0.2, 0.25) is 0 Å². The van der Waals surface area contributed by atoms with Crippen LogP contribution < -0.4 is 10.2 Å². The molecule has 3 aromatic rings. The van der Waals surface area contributed by atoms with E-state index in [0.717, 1.165) is 28.7 Å². The molecule has 34 heavy (non-hydrogen) atoms. The minimum atomic E-state index is -1.03.